The summed E-state index contributed by atoms with van der Waals surface area (Å²) in [7, 11) is 0. The third-order valence-electron chi connectivity index (χ3n) is 4.42. The summed E-state index contributed by atoms with van der Waals surface area (Å²) >= 11 is 0. The van der Waals surface area contributed by atoms with Gasteiger partial charge in [0.05, 0.1) is 17.1 Å². The third kappa shape index (κ3) is 2.45. The van der Waals surface area contributed by atoms with Crippen molar-refractivity contribution in [3.63, 3.8) is 0 Å². The first kappa shape index (κ1) is 15.3. The van der Waals surface area contributed by atoms with Crippen LogP contribution in [0.4, 0.5) is 8.78 Å². The van der Waals surface area contributed by atoms with Crippen molar-refractivity contribution in [3.8, 4) is 17.2 Å². The molecule has 0 spiro atoms. The molecule has 1 aliphatic heterocycles. The van der Waals surface area contributed by atoms with Gasteiger partial charge < -0.3 is 9.88 Å². The molecule has 6 heteroatoms. The van der Waals surface area contributed by atoms with Gasteiger partial charge in [0.1, 0.15) is 17.3 Å². The first-order valence-corrected chi connectivity index (χ1v) is 7.89. The van der Waals surface area contributed by atoms with Crippen LogP contribution in [0, 0.1) is 23.0 Å². The molecule has 4 nitrogen and oxygen atoms in total. The molecule has 2 aromatic carbocycles. The van der Waals surface area contributed by atoms with E-state index in [-0.39, 0.29) is 11.5 Å². The highest BCUT2D eigenvalue weighted by Gasteiger charge is 2.22. The summed E-state index contributed by atoms with van der Waals surface area (Å²) in [6.07, 6.45) is 0.744. The molecular formula is C19H13F2N3O. The molecule has 1 aliphatic rings. The first-order valence-electron chi connectivity index (χ1n) is 7.89. The predicted octanol–water partition coefficient (Wildman–Crippen LogP) is 3.59. The quantitative estimate of drug-likeness (QED) is 0.738. The zero-order valence-corrected chi connectivity index (χ0v) is 13.1. The summed E-state index contributed by atoms with van der Waals surface area (Å²) in [5.74, 6) is -1.56. The second-order valence-electron chi connectivity index (χ2n) is 5.99. The van der Waals surface area contributed by atoms with Crippen LogP contribution < -0.4 is 5.32 Å². The Labute approximate surface area is 142 Å². The maximum atomic E-state index is 14.4. The lowest BCUT2D eigenvalue weighted by Gasteiger charge is -2.11. The fraction of sp³-hybridized carbons (Fsp3) is 0.158. The fourth-order valence-electron chi connectivity index (χ4n) is 3.34. The van der Waals surface area contributed by atoms with Gasteiger partial charge in [-0.3, -0.25) is 4.79 Å². The lowest BCUT2D eigenvalue weighted by Crippen LogP contribution is -2.22. The monoisotopic (exact) mass is 337 g/mol. The Hall–Kier alpha value is -3.20. The summed E-state index contributed by atoms with van der Waals surface area (Å²) in [6.45, 7) is 1.16. The molecular weight excluding hydrogens is 324 g/mol. The zero-order chi connectivity index (χ0) is 17.6. The van der Waals surface area contributed by atoms with E-state index in [0.29, 0.717) is 40.8 Å². The summed E-state index contributed by atoms with van der Waals surface area (Å²) in [6, 6.07) is 10.4. The minimum Gasteiger partial charge on any atom is -0.351 e. The van der Waals surface area contributed by atoms with E-state index in [2.05, 4.69) is 11.4 Å². The van der Waals surface area contributed by atoms with Gasteiger partial charge in [-0.2, -0.15) is 5.26 Å². The lowest BCUT2D eigenvalue weighted by atomic mass is 9.99. The molecule has 0 unspecified atom stereocenters. The Morgan fingerprint density at radius 3 is 2.72 bits per heavy atom. The number of carbonyl (C=O) groups excluding carboxylic acids is 1. The highest BCUT2D eigenvalue weighted by Crippen LogP contribution is 2.35. The smallest absolute Gasteiger partial charge is 0.267 e. The van der Waals surface area contributed by atoms with Crippen LogP contribution in [-0.4, -0.2) is 17.0 Å². The lowest BCUT2D eigenvalue weighted by molar-refractivity contribution is 0.0951. The van der Waals surface area contributed by atoms with E-state index in [9.17, 15) is 18.8 Å². The van der Waals surface area contributed by atoms with Gasteiger partial charge in [0.25, 0.3) is 5.91 Å². The van der Waals surface area contributed by atoms with Crippen LogP contribution in [0.15, 0.2) is 36.4 Å². The number of amides is 1. The number of halogens is 2. The van der Waals surface area contributed by atoms with E-state index in [1.165, 1.54) is 12.1 Å². The number of hydrogen-bond donors (Lipinski definition) is 1. The molecule has 0 atom stereocenters. The molecule has 0 bridgehead atoms. The van der Waals surface area contributed by atoms with Crippen LogP contribution in [-0.2, 0) is 6.54 Å². The SMILES string of the molecule is N#Cc1cc(-c2ccc(F)cc2F)c2c(c1)cc1n2CCCNC1=O. The number of carbonyl (C=O) groups is 1. The number of aromatic nitrogens is 1. The number of rotatable bonds is 1. The van der Waals surface area contributed by atoms with Crippen molar-refractivity contribution < 1.29 is 13.6 Å². The maximum Gasteiger partial charge on any atom is 0.267 e. The number of aryl methyl sites for hydroxylation is 1. The van der Waals surface area contributed by atoms with Gasteiger partial charge in [0.15, 0.2) is 0 Å². The molecule has 3 aromatic rings. The molecule has 0 saturated heterocycles. The highest BCUT2D eigenvalue weighted by atomic mass is 19.1. The van der Waals surface area contributed by atoms with E-state index >= 15 is 0 Å². The van der Waals surface area contributed by atoms with Gasteiger partial charge in [0.2, 0.25) is 0 Å². The number of nitriles is 1. The number of benzene rings is 2. The average molecular weight is 337 g/mol. The van der Waals surface area contributed by atoms with Crippen molar-refractivity contribution in [3.05, 3.63) is 59.3 Å². The number of hydrogen-bond acceptors (Lipinski definition) is 2. The molecule has 0 fully saturated rings. The van der Waals surface area contributed by atoms with Crippen molar-refractivity contribution in [1.82, 2.24) is 9.88 Å². The molecule has 0 aliphatic carbocycles. The summed E-state index contributed by atoms with van der Waals surface area (Å²) in [5.41, 5.74) is 2.19. The molecule has 0 saturated carbocycles. The molecule has 2 heterocycles. The second-order valence-corrected chi connectivity index (χ2v) is 5.99. The second kappa shape index (κ2) is 5.71. The van der Waals surface area contributed by atoms with Crippen LogP contribution in [0.2, 0.25) is 0 Å². The van der Waals surface area contributed by atoms with E-state index in [1.54, 1.807) is 18.2 Å². The maximum absolute atomic E-state index is 14.4. The third-order valence-corrected chi connectivity index (χ3v) is 4.42. The van der Waals surface area contributed by atoms with Crippen molar-refractivity contribution >= 4 is 16.8 Å². The molecule has 124 valence electrons. The molecule has 25 heavy (non-hydrogen) atoms. The normalized spacial score (nSPS) is 13.9. The van der Waals surface area contributed by atoms with Crippen LogP contribution in [0.1, 0.15) is 22.5 Å². The topological polar surface area (TPSA) is 57.8 Å². The number of fused-ring (bicyclic) bond motifs is 3. The van der Waals surface area contributed by atoms with Crippen molar-refractivity contribution in [1.29, 1.82) is 5.26 Å². The molecule has 1 aromatic heterocycles. The average Bonchev–Trinajstić information content (AvgIpc) is 2.87. The van der Waals surface area contributed by atoms with Crippen LogP contribution in [0.3, 0.4) is 0 Å². The van der Waals surface area contributed by atoms with E-state index in [1.807, 2.05) is 4.57 Å². The fourth-order valence-corrected chi connectivity index (χ4v) is 3.34. The Morgan fingerprint density at radius 2 is 1.96 bits per heavy atom. The summed E-state index contributed by atoms with van der Waals surface area (Å²) in [4.78, 5) is 12.3. The van der Waals surface area contributed by atoms with Gasteiger partial charge in [-0.05, 0) is 36.8 Å². The van der Waals surface area contributed by atoms with Crippen LogP contribution >= 0.6 is 0 Å². The Morgan fingerprint density at radius 1 is 1.12 bits per heavy atom. The standard InChI is InChI=1S/C19H13F2N3O/c20-13-2-3-14(16(21)9-13)15-7-11(10-22)6-12-8-17-19(25)23-4-1-5-24(17)18(12)15/h2-3,6-9H,1,4-5H2,(H,23,25). The Balaban J connectivity index is 2.09. The summed E-state index contributed by atoms with van der Waals surface area (Å²) in [5, 5.41) is 12.8. The molecule has 1 amide bonds. The van der Waals surface area contributed by atoms with Gasteiger partial charge in [-0.1, -0.05) is 0 Å². The molecule has 0 radical (unpaired) electrons. The molecule has 1 N–H and O–H groups in total. The molecule has 4 rings (SSSR count). The van der Waals surface area contributed by atoms with E-state index in [4.69, 9.17) is 0 Å². The Kier molecular flexibility index (Phi) is 3.50. The number of nitrogens with one attached hydrogen (secondary N) is 1. The zero-order valence-electron chi connectivity index (χ0n) is 13.1. The van der Waals surface area contributed by atoms with Crippen LogP contribution in [0.25, 0.3) is 22.0 Å². The van der Waals surface area contributed by atoms with Crippen molar-refractivity contribution in [2.24, 2.45) is 0 Å². The van der Waals surface area contributed by atoms with Gasteiger partial charge in [0, 0.05) is 35.7 Å². The van der Waals surface area contributed by atoms with Crippen molar-refractivity contribution in [2.45, 2.75) is 13.0 Å². The largest absolute Gasteiger partial charge is 0.351 e. The minimum atomic E-state index is -0.704. The van der Waals surface area contributed by atoms with Crippen LogP contribution in [0.5, 0.6) is 0 Å². The highest BCUT2D eigenvalue weighted by molar-refractivity contribution is 6.04. The number of nitrogens with zero attached hydrogens (tertiary/aromatic N) is 2. The van der Waals surface area contributed by atoms with Crippen molar-refractivity contribution in [2.75, 3.05) is 6.54 Å². The van der Waals surface area contributed by atoms with E-state index < -0.39 is 11.6 Å². The van der Waals surface area contributed by atoms with Gasteiger partial charge in [-0.25, -0.2) is 8.78 Å². The van der Waals surface area contributed by atoms with Gasteiger partial charge in [-0.15, -0.1) is 0 Å². The summed E-state index contributed by atoms with van der Waals surface area (Å²) < 4.78 is 29.5. The van der Waals surface area contributed by atoms with Gasteiger partial charge >= 0.3 is 0 Å². The minimum absolute atomic E-state index is 0.197. The van der Waals surface area contributed by atoms with E-state index in [0.717, 1.165) is 12.5 Å². The predicted molar refractivity (Wildman–Crippen MR) is 89.0 cm³/mol. The first-order chi connectivity index (χ1) is 12.1. The Bertz CT molecular complexity index is 1060.